The molecule has 2 atom stereocenters. The average Bonchev–Trinajstić information content (AvgIpc) is 2.97. The second kappa shape index (κ2) is 7.72. The van der Waals surface area contributed by atoms with E-state index in [1.54, 1.807) is 18.2 Å². The van der Waals surface area contributed by atoms with Crippen LogP contribution in [-0.2, 0) is 16.1 Å². The quantitative estimate of drug-likeness (QED) is 0.650. The number of carbonyl (C=O) groups is 4. The van der Waals surface area contributed by atoms with Crippen LogP contribution >= 0.6 is 0 Å². The van der Waals surface area contributed by atoms with E-state index in [1.807, 2.05) is 31.2 Å². The van der Waals surface area contributed by atoms with Gasteiger partial charge in [0.15, 0.2) is 0 Å². The van der Waals surface area contributed by atoms with Gasteiger partial charge in [0.2, 0.25) is 11.8 Å². The number of carbonyl (C=O) groups excluding carboxylic acids is 4. The molecule has 4 N–H and O–H groups in total. The number of imide groups is 2. The number of amides is 4. The fourth-order valence-electron chi connectivity index (χ4n) is 3.76. The van der Waals surface area contributed by atoms with Crippen molar-refractivity contribution in [2.75, 3.05) is 5.32 Å². The first-order valence-corrected chi connectivity index (χ1v) is 9.79. The normalized spacial score (nSPS) is 19.5. The minimum atomic E-state index is -0.960. The number of anilines is 1. The molecule has 0 aliphatic carbocycles. The summed E-state index contributed by atoms with van der Waals surface area (Å²) in [6, 6.07) is 11.8. The molecule has 2 aromatic rings. The molecule has 4 amide bonds. The van der Waals surface area contributed by atoms with E-state index < -0.39 is 29.7 Å². The predicted octanol–water partition coefficient (Wildman–Crippen LogP) is 1.72. The average molecular weight is 406 g/mol. The van der Waals surface area contributed by atoms with Crippen LogP contribution in [0.1, 0.15) is 57.7 Å². The first-order chi connectivity index (χ1) is 14.3. The summed E-state index contributed by atoms with van der Waals surface area (Å²) >= 11 is 0. The molecule has 2 aromatic carbocycles. The third-order valence-electron chi connectivity index (χ3n) is 5.41. The second-order valence-corrected chi connectivity index (χ2v) is 7.59. The summed E-state index contributed by atoms with van der Waals surface area (Å²) in [4.78, 5) is 50.1. The molecule has 1 saturated heterocycles. The van der Waals surface area contributed by atoms with Gasteiger partial charge in [0.1, 0.15) is 6.04 Å². The summed E-state index contributed by atoms with van der Waals surface area (Å²) < 4.78 is 0. The maximum Gasteiger partial charge on any atom is 0.262 e. The Labute approximate surface area is 173 Å². The molecule has 154 valence electrons. The lowest BCUT2D eigenvalue weighted by atomic mass is 10.0. The molecule has 0 spiro atoms. The summed E-state index contributed by atoms with van der Waals surface area (Å²) in [6.07, 6.45) is 0.236. The second-order valence-electron chi connectivity index (χ2n) is 7.59. The highest BCUT2D eigenvalue weighted by Crippen LogP contribution is 2.28. The highest BCUT2D eigenvalue weighted by molar-refractivity contribution is 6.23. The van der Waals surface area contributed by atoms with Crippen molar-refractivity contribution >= 4 is 29.3 Å². The summed E-state index contributed by atoms with van der Waals surface area (Å²) in [7, 11) is 0. The number of nitrogens with one attached hydrogen (secondary N) is 2. The van der Waals surface area contributed by atoms with E-state index in [-0.39, 0.29) is 30.0 Å². The van der Waals surface area contributed by atoms with Gasteiger partial charge in [-0.25, -0.2) is 0 Å². The standard InChI is InChI=1S/C22H22N4O4/c1-12(23)14-3-2-4-15(10-14)24-11-13-5-6-16-17(9-13)22(30)26(21(16)29)18-7-8-19(27)25-20(18)28/h2-6,9-10,12,18,24H,7-8,11,23H2,1H3,(H,25,27,28)/t12-,18?/m0/s1. The van der Waals surface area contributed by atoms with E-state index in [2.05, 4.69) is 10.6 Å². The van der Waals surface area contributed by atoms with Gasteiger partial charge in [-0.15, -0.1) is 0 Å². The molecule has 30 heavy (non-hydrogen) atoms. The van der Waals surface area contributed by atoms with Crippen LogP contribution in [0.25, 0.3) is 0 Å². The highest BCUT2D eigenvalue weighted by Gasteiger charge is 2.44. The number of fused-ring (bicyclic) bond motifs is 1. The Morgan fingerprint density at radius 2 is 1.87 bits per heavy atom. The SMILES string of the molecule is C[C@H](N)c1cccc(NCc2ccc3c(c2)C(=O)N(C2CCC(=O)NC2=O)C3=O)c1. The van der Waals surface area contributed by atoms with Crippen molar-refractivity contribution in [3.05, 3.63) is 64.7 Å². The number of nitrogens with zero attached hydrogens (tertiary/aromatic N) is 1. The topological polar surface area (TPSA) is 122 Å². The lowest BCUT2D eigenvalue weighted by Gasteiger charge is -2.27. The molecule has 2 aliphatic heterocycles. The van der Waals surface area contributed by atoms with E-state index in [0.29, 0.717) is 6.54 Å². The lowest BCUT2D eigenvalue weighted by molar-refractivity contribution is -0.136. The summed E-state index contributed by atoms with van der Waals surface area (Å²) in [6.45, 7) is 2.37. The van der Waals surface area contributed by atoms with Crippen LogP contribution in [0.2, 0.25) is 0 Å². The maximum atomic E-state index is 12.9. The number of hydrogen-bond donors (Lipinski definition) is 3. The number of rotatable bonds is 5. The van der Waals surface area contributed by atoms with Crippen molar-refractivity contribution in [3.8, 4) is 0 Å². The molecule has 8 nitrogen and oxygen atoms in total. The largest absolute Gasteiger partial charge is 0.381 e. The molecule has 0 saturated carbocycles. The summed E-state index contributed by atoms with van der Waals surface area (Å²) in [5.74, 6) is -2.02. The molecule has 2 aliphatic rings. The monoisotopic (exact) mass is 406 g/mol. The van der Waals surface area contributed by atoms with Crippen LogP contribution in [0.4, 0.5) is 5.69 Å². The fourth-order valence-corrected chi connectivity index (χ4v) is 3.76. The number of hydrogen-bond acceptors (Lipinski definition) is 6. The van der Waals surface area contributed by atoms with E-state index in [9.17, 15) is 19.2 Å². The molecule has 0 bridgehead atoms. The van der Waals surface area contributed by atoms with Crippen molar-refractivity contribution in [1.29, 1.82) is 0 Å². The Bertz CT molecular complexity index is 1060. The zero-order valence-corrected chi connectivity index (χ0v) is 16.5. The zero-order valence-electron chi connectivity index (χ0n) is 16.5. The summed E-state index contributed by atoms with van der Waals surface area (Å²) in [5.41, 5.74) is 9.20. The van der Waals surface area contributed by atoms with Crippen LogP contribution in [-0.4, -0.2) is 34.6 Å². The van der Waals surface area contributed by atoms with Gasteiger partial charge in [0.25, 0.3) is 11.8 Å². The third-order valence-corrected chi connectivity index (χ3v) is 5.41. The van der Waals surface area contributed by atoms with Crippen molar-refractivity contribution in [2.24, 2.45) is 5.73 Å². The van der Waals surface area contributed by atoms with E-state index in [1.165, 1.54) is 0 Å². The van der Waals surface area contributed by atoms with Crippen LogP contribution < -0.4 is 16.4 Å². The van der Waals surface area contributed by atoms with E-state index in [4.69, 9.17) is 5.73 Å². The minimum Gasteiger partial charge on any atom is -0.381 e. The smallest absolute Gasteiger partial charge is 0.262 e. The van der Waals surface area contributed by atoms with E-state index in [0.717, 1.165) is 21.7 Å². The van der Waals surface area contributed by atoms with Crippen LogP contribution in [0.3, 0.4) is 0 Å². The van der Waals surface area contributed by atoms with Crippen molar-refractivity contribution in [2.45, 2.75) is 38.4 Å². The zero-order chi connectivity index (χ0) is 21.4. The van der Waals surface area contributed by atoms with Gasteiger partial charge in [-0.05, 0) is 48.7 Å². The van der Waals surface area contributed by atoms with Crippen LogP contribution in [0.15, 0.2) is 42.5 Å². The van der Waals surface area contributed by atoms with Gasteiger partial charge >= 0.3 is 0 Å². The van der Waals surface area contributed by atoms with Crippen LogP contribution in [0.5, 0.6) is 0 Å². The lowest BCUT2D eigenvalue weighted by Crippen LogP contribution is -2.54. The minimum absolute atomic E-state index is 0.0753. The Morgan fingerprint density at radius 1 is 1.10 bits per heavy atom. The van der Waals surface area contributed by atoms with Gasteiger partial charge in [-0.2, -0.15) is 0 Å². The Hall–Kier alpha value is -3.52. The van der Waals surface area contributed by atoms with Crippen LogP contribution in [0, 0.1) is 0 Å². The highest BCUT2D eigenvalue weighted by atomic mass is 16.2. The molecular formula is C22H22N4O4. The van der Waals surface area contributed by atoms with Gasteiger partial charge in [-0.1, -0.05) is 18.2 Å². The molecule has 1 fully saturated rings. The molecular weight excluding hydrogens is 384 g/mol. The van der Waals surface area contributed by atoms with E-state index >= 15 is 0 Å². The molecule has 8 heteroatoms. The van der Waals surface area contributed by atoms with Gasteiger partial charge in [0.05, 0.1) is 11.1 Å². The van der Waals surface area contributed by atoms with Gasteiger partial charge in [0, 0.05) is 24.7 Å². The molecule has 0 radical (unpaired) electrons. The Morgan fingerprint density at radius 3 is 2.60 bits per heavy atom. The Kier molecular flexibility index (Phi) is 5.09. The molecule has 2 heterocycles. The van der Waals surface area contributed by atoms with Crippen molar-refractivity contribution < 1.29 is 19.2 Å². The third kappa shape index (κ3) is 3.57. The molecule has 0 aromatic heterocycles. The maximum absolute atomic E-state index is 12.9. The van der Waals surface area contributed by atoms with Gasteiger partial charge in [-0.3, -0.25) is 29.4 Å². The molecule has 4 rings (SSSR count). The first-order valence-electron chi connectivity index (χ1n) is 9.79. The number of nitrogens with two attached hydrogens (primary N) is 1. The predicted molar refractivity (Wildman–Crippen MR) is 109 cm³/mol. The van der Waals surface area contributed by atoms with Gasteiger partial charge < -0.3 is 11.1 Å². The summed E-state index contributed by atoms with van der Waals surface area (Å²) in [5, 5.41) is 5.49. The first kappa shape index (κ1) is 19.8. The number of piperidine rings is 1. The van der Waals surface area contributed by atoms with Crippen molar-refractivity contribution in [3.63, 3.8) is 0 Å². The fraction of sp³-hybridized carbons (Fsp3) is 0.273. The number of benzene rings is 2. The molecule has 1 unspecified atom stereocenters. The Balaban J connectivity index is 1.51. The van der Waals surface area contributed by atoms with Crippen molar-refractivity contribution in [1.82, 2.24) is 10.2 Å².